The fourth-order valence-corrected chi connectivity index (χ4v) is 2.59. The lowest BCUT2D eigenvalue weighted by Crippen LogP contribution is -2.34. The number of carboxylic acids is 1. The van der Waals surface area contributed by atoms with Crippen molar-refractivity contribution in [3.63, 3.8) is 0 Å². The molecular formula is C12H18N4O3S. The Morgan fingerprint density at radius 3 is 3.00 bits per heavy atom. The summed E-state index contributed by atoms with van der Waals surface area (Å²) in [5.74, 6) is -0.695. The van der Waals surface area contributed by atoms with Crippen molar-refractivity contribution in [2.24, 2.45) is 0 Å². The third kappa shape index (κ3) is 4.52. The Balaban J connectivity index is 1.71. The first-order chi connectivity index (χ1) is 9.56. The van der Waals surface area contributed by atoms with Gasteiger partial charge < -0.3 is 15.0 Å². The molecule has 1 fully saturated rings. The van der Waals surface area contributed by atoms with Gasteiger partial charge >= 0.3 is 5.97 Å². The van der Waals surface area contributed by atoms with Crippen LogP contribution in [-0.2, 0) is 9.59 Å². The first kappa shape index (κ1) is 14.8. The molecule has 1 aliphatic rings. The number of nitrogens with one attached hydrogen (secondary N) is 1. The van der Waals surface area contributed by atoms with E-state index in [4.69, 9.17) is 5.11 Å². The van der Waals surface area contributed by atoms with Crippen LogP contribution in [0.4, 0.5) is 0 Å². The molecule has 0 aromatic carbocycles. The van der Waals surface area contributed by atoms with Gasteiger partial charge in [0.05, 0.1) is 5.75 Å². The monoisotopic (exact) mass is 298 g/mol. The minimum absolute atomic E-state index is 0.0601. The molecule has 1 unspecified atom stereocenters. The topological polar surface area (TPSA) is 97.1 Å². The predicted molar refractivity (Wildman–Crippen MR) is 73.5 cm³/mol. The van der Waals surface area contributed by atoms with E-state index in [0.29, 0.717) is 12.5 Å². The Labute approximate surface area is 121 Å². The highest BCUT2D eigenvalue weighted by molar-refractivity contribution is 7.99. The maximum absolute atomic E-state index is 11.8. The number of carboxylic acid groups (broad SMARTS) is 1. The van der Waals surface area contributed by atoms with Crippen LogP contribution in [0.3, 0.4) is 0 Å². The van der Waals surface area contributed by atoms with E-state index in [1.807, 2.05) is 4.57 Å². The smallest absolute Gasteiger partial charge is 0.303 e. The molecule has 1 heterocycles. The zero-order valence-corrected chi connectivity index (χ0v) is 12.1. The van der Waals surface area contributed by atoms with Gasteiger partial charge in [0.15, 0.2) is 5.16 Å². The van der Waals surface area contributed by atoms with E-state index < -0.39 is 5.97 Å². The fraction of sp³-hybridized carbons (Fsp3) is 0.667. The van der Waals surface area contributed by atoms with Gasteiger partial charge in [-0.05, 0) is 26.2 Å². The summed E-state index contributed by atoms with van der Waals surface area (Å²) in [4.78, 5) is 22.2. The number of aliphatic carboxylic acids is 1. The Kier molecular flexibility index (Phi) is 4.99. The lowest BCUT2D eigenvalue weighted by Gasteiger charge is -2.12. The second kappa shape index (κ2) is 6.74. The summed E-state index contributed by atoms with van der Waals surface area (Å²) >= 11 is 1.36. The molecule has 1 saturated carbocycles. The van der Waals surface area contributed by atoms with Crippen LogP contribution in [0.25, 0.3) is 0 Å². The van der Waals surface area contributed by atoms with Crippen LogP contribution in [0.15, 0.2) is 11.5 Å². The molecule has 8 heteroatoms. The lowest BCUT2D eigenvalue weighted by molar-refractivity contribution is -0.137. The van der Waals surface area contributed by atoms with E-state index in [-0.39, 0.29) is 24.1 Å². The maximum atomic E-state index is 11.8. The Morgan fingerprint density at radius 1 is 1.60 bits per heavy atom. The van der Waals surface area contributed by atoms with Crippen molar-refractivity contribution in [3.8, 4) is 0 Å². The van der Waals surface area contributed by atoms with Crippen molar-refractivity contribution in [2.75, 3.05) is 5.75 Å². The van der Waals surface area contributed by atoms with Gasteiger partial charge in [-0.2, -0.15) is 0 Å². The minimum Gasteiger partial charge on any atom is -0.481 e. The number of amides is 1. The summed E-state index contributed by atoms with van der Waals surface area (Å²) < 4.78 is 2.01. The quantitative estimate of drug-likeness (QED) is 0.697. The van der Waals surface area contributed by atoms with Crippen molar-refractivity contribution in [1.29, 1.82) is 0 Å². The molecule has 0 spiro atoms. The molecule has 0 bridgehead atoms. The number of hydrogen-bond donors (Lipinski definition) is 2. The number of thioether (sulfide) groups is 1. The number of nitrogens with zero attached hydrogens (tertiary/aromatic N) is 3. The van der Waals surface area contributed by atoms with Crippen LogP contribution in [0.2, 0.25) is 0 Å². The van der Waals surface area contributed by atoms with Crippen LogP contribution >= 0.6 is 11.8 Å². The number of rotatable bonds is 8. The highest BCUT2D eigenvalue weighted by Crippen LogP contribution is 2.37. The van der Waals surface area contributed by atoms with Crippen LogP contribution in [0, 0.1) is 0 Å². The van der Waals surface area contributed by atoms with Crippen molar-refractivity contribution < 1.29 is 14.7 Å². The number of aromatic nitrogens is 3. The lowest BCUT2D eigenvalue weighted by atomic mass is 10.2. The number of carbonyl (C=O) groups is 2. The molecule has 1 aromatic rings. The molecule has 2 rings (SSSR count). The van der Waals surface area contributed by atoms with E-state index in [1.165, 1.54) is 11.8 Å². The van der Waals surface area contributed by atoms with E-state index >= 15 is 0 Å². The SMILES string of the molecule is CC(CCC(=O)O)NC(=O)CSc1nncn1C1CC1. The summed E-state index contributed by atoms with van der Waals surface area (Å²) in [5, 5.41) is 20.0. The van der Waals surface area contributed by atoms with Crippen LogP contribution in [0.5, 0.6) is 0 Å². The second-order valence-electron chi connectivity index (χ2n) is 4.94. The third-order valence-electron chi connectivity index (χ3n) is 3.01. The molecule has 1 atom stereocenters. The minimum atomic E-state index is -0.849. The van der Waals surface area contributed by atoms with Crippen LogP contribution in [-0.4, -0.2) is 43.5 Å². The third-order valence-corrected chi connectivity index (χ3v) is 3.97. The standard InChI is InChI=1S/C12H18N4O3S/c1-8(2-5-11(18)19)14-10(17)6-20-12-15-13-7-16(12)9-3-4-9/h7-9H,2-6H2,1H3,(H,14,17)(H,18,19). The van der Waals surface area contributed by atoms with Crippen molar-refractivity contribution in [1.82, 2.24) is 20.1 Å². The molecule has 1 amide bonds. The molecular weight excluding hydrogens is 280 g/mol. The molecule has 110 valence electrons. The first-order valence-corrected chi connectivity index (χ1v) is 7.58. The average Bonchev–Trinajstić information content (AvgIpc) is 3.13. The number of carbonyl (C=O) groups excluding carboxylic acids is 1. The van der Waals surface area contributed by atoms with Crippen LogP contribution in [0.1, 0.15) is 38.6 Å². The molecule has 2 N–H and O–H groups in total. The molecule has 0 saturated heterocycles. The number of hydrogen-bond acceptors (Lipinski definition) is 5. The van der Waals surface area contributed by atoms with Gasteiger partial charge in [-0.3, -0.25) is 9.59 Å². The first-order valence-electron chi connectivity index (χ1n) is 6.59. The predicted octanol–water partition coefficient (Wildman–Crippen LogP) is 1.07. The van der Waals surface area contributed by atoms with Gasteiger partial charge in [0.1, 0.15) is 6.33 Å². The Hall–Kier alpha value is -1.57. The van der Waals surface area contributed by atoms with Crippen molar-refractivity contribution in [3.05, 3.63) is 6.33 Å². The summed E-state index contributed by atoms with van der Waals surface area (Å²) in [6, 6.07) is 0.352. The van der Waals surface area contributed by atoms with Gasteiger partial charge in [-0.15, -0.1) is 10.2 Å². The van der Waals surface area contributed by atoms with E-state index in [1.54, 1.807) is 13.3 Å². The molecule has 0 aliphatic heterocycles. The maximum Gasteiger partial charge on any atom is 0.303 e. The van der Waals surface area contributed by atoms with Gasteiger partial charge in [-0.25, -0.2) is 0 Å². The zero-order chi connectivity index (χ0) is 14.5. The van der Waals surface area contributed by atoms with E-state index in [2.05, 4.69) is 15.5 Å². The zero-order valence-electron chi connectivity index (χ0n) is 11.3. The van der Waals surface area contributed by atoms with E-state index in [0.717, 1.165) is 18.0 Å². The molecule has 20 heavy (non-hydrogen) atoms. The molecule has 0 radical (unpaired) electrons. The molecule has 1 aromatic heterocycles. The summed E-state index contributed by atoms with van der Waals surface area (Å²) in [6.45, 7) is 1.80. The van der Waals surface area contributed by atoms with Crippen molar-refractivity contribution >= 4 is 23.6 Å². The summed E-state index contributed by atoms with van der Waals surface area (Å²) in [6.07, 6.45) is 4.48. The largest absolute Gasteiger partial charge is 0.481 e. The van der Waals surface area contributed by atoms with Crippen LogP contribution < -0.4 is 5.32 Å². The van der Waals surface area contributed by atoms with Gasteiger partial charge in [0, 0.05) is 18.5 Å². The van der Waals surface area contributed by atoms with Gasteiger partial charge in [0.25, 0.3) is 0 Å². The molecule has 1 aliphatic carbocycles. The van der Waals surface area contributed by atoms with Crippen molar-refractivity contribution in [2.45, 2.75) is 49.8 Å². The average molecular weight is 298 g/mol. The normalized spacial score (nSPS) is 15.8. The molecule has 7 nitrogen and oxygen atoms in total. The van der Waals surface area contributed by atoms with Gasteiger partial charge in [0.2, 0.25) is 5.91 Å². The summed E-state index contributed by atoms with van der Waals surface area (Å²) in [5.41, 5.74) is 0. The van der Waals surface area contributed by atoms with Gasteiger partial charge in [-0.1, -0.05) is 11.8 Å². The Bertz CT molecular complexity index is 487. The summed E-state index contributed by atoms with van der Waals surface area (Å²) in [7, 11) is 0. The van der Waals surface area contributed by atoms with E-state index in [9.17, 15) is 9.59 Å². The Morgan fingerprint density at radius 2 is 2.35 bits per heavy atom. The second-order valence-corrected chi connectivity index (χ2v) is 5.88. The highest BCUT2D eigenvalue weighted by Gasteiger charge is 2.26. The highest BCUT2D eigenvalue weighted by atomic mass is 32.2. The fourth-order valence-electron chi connectivity index (χ4n) is 1.80.